The fourth-order valence-corrected chi connectivity index (χ4v) is 3.16. The largest absolute Gasteiger partial charge is 0.508 e. The van der Waals surface area contributed by atoms with Crippen LogP contribution in [0.15, 0.2) is 72.8 Å². The summed E-state index contributed by atoms with van der Waals surface area (Å²) < 4.78 is 0. The fraction of sp³-hybridized carbons (Fsp3) is 0.0833. The molecule has 6 heteroatoms. The summed E-state index contributed by atoms with van der Waals surface area (Å²) >= 11 is 11.6. The van der Waals surface area contributed by atoms with Crippen LogP contribution in [0.2, 0.25) is 5.02 Å². The lowest BCUT2D eigenvalue weighted by molar-refractivity contribution is 0.102. The van der Waals surface area contributed by atoms with Crippen LogP contribution in [0.25, 0.3) is 6.08 Å². The fourth-order valence-electron chi connectivity index (χ4n) is 2.83. The first-order valence-corrected chi connectivity index (χ1v) is 10.1. The standard InChI is InChI=1S/C24H19Cl2NO3/c25-13-12-19-15-18(7-11-23(19)29)22(28)10-4-16-2-1-3-21(14-16)27-24(30)17-5-8-20(26)9-6-17/h1-11,14-15,29H,12-13H2,(H,27,30)/b10-4+. The maximum absolute atomic E-state index is 12.5. The highest BCUT2D eigenvalue weighted by Gasteiger charge is 2.08. The normalized spacial score (nSPS) is 10.9. The lowest BCUT2D eigenvalue weighted by Crippen LogP contribution is -2.11. The van der Waals surface area contributed by atoms with E-state index in [0.717, 1.165) is 5.56 Å². The lowest BCUT2D eigenvalue weighted by atomic mass is 10.0. The molecule has 0 spiro atoms. The number of phenols is 1. The van der Waals surface area contributed by atoms with Crippen LogP contribution in [-0.4, -0.2) is 22.7 Å². The number of carbonyl (C=O) groups is 2. The molecule has 152 valence electrons. The number of halogens is 2. The number of carbonyl (C=O) groups excluding carboxylic acids is 2. The monoisotopic (exact) mass is 439 g/mol. The Morgan fingerprint density at radius 3 is 2.43 bits per heavy atom. The number of aromatic hydroxyl groups is 1. The van der Waals surface area contributed by atoms with Crippen molar-refractivity contribution >= 4 is 46.7 Å². The second-order valence-electron chi connectivity index (χ2n) is 6.57. The molecule has 0 atom stereocenters. The zero-order valence-corrected chi connectivity index (χ0v) is 17.5. The Kier molecular flexibility index (Phi) is 7.28. The number of alkyl halides is 1. The SMILES string of the molecule is O=C(/C=C/c1cccc(NC(=O)c2ccc(Cl)cc2)c1)c1ccc(O)c(CCCl)c1. The van der Waals surface area contributed by atoms with E-state index in [1.54, 1.807) is 60.7 Å². The Bertz CT molecular complexity index is 1090. The summed E-state index contributed by atoms with van der Waals surface area (Å²) in [5.41, 5.74) is 2.97. The zero-order chi connectivity index (χ0) is 21.5. The average molecular weight is 440 g/mol. The van der Waals surface area contributed by atoms with Gasteiger partial charge in [0.2, 0.25) is 0 Å². The van der Waals surface area contributed by atoms with E-state index >= 15 is 0 Å². The Morgan fingerprint density at radius 1 is 0.967 bits per heavy atom. The molecule has 0 aliphatic carbocycles. The van der Waals surface area contributed by atoms with E-state index in [1.807, 2.05) is 6.07 Å². The molecule has 0 bridgehead atoms. The maximum Gasteiger partial charge on any atom is 0.255 e. The van der Waals surface area contributed by atoms with Crippen molar-refractivity contribution in [2.45, 2.75) is 6.42 Å². The Hall–Kier alpha value is -3.08. The summed E-state index contributed by atoms with van der Waals surface area (Å²) in [4.78, 5) is 24.8. The average Bonchev–Trinajstić information content (AvgIpc) is 2.74. The highest BCUT2D eigenvalue weighted by atomic mass is 35.5. The summed E-state index contributed by atoms with van der Waals surface area (Å²) in [6.45, 7) is 0. The molecule has 3 rings (SSSR count). The van der Waals surface area contributed by atoms with Crippen molar-refractivity contribution in [3.63, 3.8) is 0 Å². The number of ketones is 1. The van der Waals surface area contributed by atoms with Gasteiger partial charge in [-0.3, -0.25) is 9.59 Å². The van der Waals surface area contributed by atoms with Gasteiger partial charge in [-0.15, -0.1) is 11.6 Å². The second kappa shape index (κ2) is 10.1. The van der Waals surface area contributed by atoms with Gasteiger partial charge in [0.05, 0.1) is 0 Å². The number of hydrogen-bond donors (Lipinski definition) is 2. The molecule has 0 aliphatic heterocycles. The molecule has 0 saturated heterocycles. The number of rotatable bonds is 7. The summed E-state index contributed by atoms with van der Waals surface area (Å²) in [5, 5.41) is 13.2. The van der Waals surface area contributed by atoms with Crippen LogP contribution in [0.1, 0.15) is 31.8 Å². The molecule has 0 fully saturated rings. The topological polar surface area (TPSA) is 66.4 Å². The lowest BCUT2D eigenvalue weighted by Gasteiger charge is -2.06. The van der Waals surface area contributed by atoms with Crippen LogP contribution in [0.3, 0.4) is 0 Å². The van der Waals surface area contributed by atoms with Crippen LogP contribution in [-0.2, 0) is 6.42 Å². The summed E-state index contributed by atoms with van der Waals surface area (Å²) in [5.74, 6) is 0.0387. The number of benzene rings is 3. The minimum atomic E-state index is -0.250. The molecule has 0 radical (unpaired) electrons. The number of aryl methyl sites for hydroxylation is 1. The van der Waals surface area contributed by atoms with Gasteiger partial charge in [0.15, 0.2) is 5.78 Å². The van der Waals surface area contributed by atoms with E-state index in [1.165, 1.54) is 12.1 Å². The molecule has 3 aromatic carbocycles. The number of phenolic OH excluding ortho intramolecular Hbond substituents is 1. The van der Waals surface area contributed by atoms with Crippen LogP contribution in [0.4, 0.5) is 5.69 Å². The molecule has 0 saturated carbocycles. The summed E-state index contributed by atoms with van der Waals surface area (Å²) in [6, 6.07) is 18.5. The zero-order valence-electron chi connectivity index (χ0n) is 15.9. The Labute approximate surface area is 184 Å². The molecule has 1 amide bonds. The van der Waals surface area contributed by atoms with E-state index in [9.17, 15) is 14.7 Å². The van der Waals surface area contributed by atoms with E-state index in [2.05, 4.69) is 5.32 Å². The van der Waals surface area contributed by atoms with Crippen molar-refractivity contribution < 1.29 is 14.7 Å². The molecule has 3 aromatic rings. The van der Waals surface area contributed by atoms with Gasteiger partial charge in [0.1, 0.15) is 5.75 Å². The molecule has 4 nitrogen and oxygen atoms in total. The number of allylic oxidation sites excluding steroid dienone is 1. The third-order valence-electron chi connectivity index (χ3n) is 4.41. The third kappa shape index (κ3) is 5.72. The van der Waals surface area contributed by atoms with Gasteiger partial charge in [-0.2, -0.15) is 0 Å². The number of nitrogens with one attached hydrogen (secondary N) is 1. The van der Waals surface area contributed by atoms with Crippen LogP contribution >= 0.6 is 23.2 Å². The first-order chi connectivity index (χ1) is 14.5. The Balaban J connectivity index is 1.70. The van der Waals surface area contributed by atoms with Crippen molar-refractivity contribution in [3.05, 3.63) is 100 Å². The number of hydrogen-bond acceptors (Lipinski definition) is 3. The van der Waals surface area contributed by atoms with Crippen molar-refractivity contribution in [2.24, 2.45) is 0 Å². The van der Waals surface area contributed by atoms with Crippen molar-refractivity contribution in [1.29, 1.82) is 0 Å². The summed E-state index contributed by atoms with van der Waals surface area (Å²) in [7, 11) is 0. The quantitative estimate of drug-likeness (QED) is 0.270. The molecule has 0 aliphatic rings. The molecule has 30 heavy (non-hydrogen) atoms. The highest BCUT2D eigenvalue weighted by Crippen LogP contribution is 2.21. The molecular formula is C24H19Cl2NO3. The number of amides is 1. The van der Waals surface area contributed by atoms with E-state index in [-0.39, 0.29) is 17.4 Å². The number of anilines is 1. The smallest absolute Gasteiger partial charge is 0.255 e. The van der Waals surface area contributed by atoms with Gasteiger partial charge in [-0.25, -0.2) is 0 Å². The van der Waals surface area contributed by atoms with Crippen molar-refractivity contribution in [3.8, 4) is 5.75 Å². The minimum Gasteiger partial charge on any atom is -0.508 e. The van der Waals surface area contributed by atoms with Gasteiger partial charge in [-0.05, 0) is 78.2 Å². The van der Waals surface area contributed by atoms with Crippen molar-refractivity contribution in [1.82, 2.24) is 0 Å². The first kappa shape index (κ1) is 21.6. The van der Waals surface area contributed by atoms with Gasteiger partial charge in [-0.1, -0.05) is 29.8 Å². The van der Waals surface area contributed by atoms with Crippen LogP contribution in [0.5, 0.6) is 5.75 Å². The Morgan fingerprint density at radius 2 is 1.70 bits per heavy atom. The van der Waals surface area contributed by atoms with E-state index in [0.29, 0.717) is 39.7 Å². The van der Waals surface area contributed by atoms with Crippen LogP contribution in [0, 0.1) is 0 Å². The molecule has 0 heterocycles. The van der Waals surface area contributed by atoms with Gasteiger partial charge in [0.25, 0.3) is 5.91 Å². The van der Waals surface area contributed by atoms with Gasteiger partial charge >= 0.3 is 0 Å². The summed E-state index contributed by atoms with van der Waals surface area (Å²) in [6.07, 6.45) is 3.61. The molecular weight excluding hydrogens is 421 g/mol. The highest BCUT2D eigenvalue weighted by molar-refractivity contribution is 6.30. The van der Waals surface area contributed by atoms with E-state index in [4.69, 9.17) is 23.2 Å². The molecule has 0 aromatic heterocycles. The van der Waals surface area contributed by atoms with Crippen LogP contribution < -0.4 is 5.32 Å². The first-order valence-electron chi connectivity index (χ1n) is 9.23. The van der Waals surface area contributed by atoms with Gasteiger partial charge < -0.3 is 10.4 Å². The van der Waals surface area contributed by atoms with Gasteiger partial charge in [0, 0.05) is 27.7 Å². The predicted octanol–water partition coefficient (Wildman–Crippen LogP) is 5.98. The molecule has 0 unspecified atom stereocenters. The molecule has 2 N–H and O–H groups in total. The second-order valence-corrected chi connectivity index (χ2v) is 7.38. The maximum atomic E-state index is 12.5. The van der Waals surface area contributed by atoms with E-state index < -0.39 is 0 Å². The third-order valence-corrected chi connectivity index (χ3v) is 4.85. The van der Waals surface area contributed by atoms with Crippen molar-refractivity contribution in [2.75, 3.05) is 11.2 Å². The predicted molar refractivity (Wildman–Crippen MR) is 122 cm³/mol. The minimum absolute atomic E-state index is 0.125.